The van der Waals surface area contributed by atoms with Crippen LogP contribution in [0.15, 0.2) is 12.7 Å². The van der Waals surface area contributed by atoms with Gasteiger partial charge in [0, 0.05) is 74.3 Å². The van der Waals surface area contributed by atoms with Crippen LogP contribution in [0.25, 0.3) is 0 Å². The number of hydrogen-bond donors (Lipinski definition) is 3. The summed E-state index contributed by atoms with van der Waals surface area (Å²) in [6.07, 6.45) is 3.83. The van der Waals surface area contributed by atoms with E-state index in [-0.39, 0.29) is 82.1 Å². The van der Waals surface area contributed by atoms with E-state index < -0.39 is 174 Å². The standard InChI is InChI=1S/C70H114ClF3N12O12/c1-16-32-69(8)68(98)84(15)60(44(5)6)67(97)83(14)54(65(95)85-33-22-19-23-34-85)39-56(88)81(12)52(36-43(3)4)61(91)76-59(45(7)17-2)66(96)80(11)41-57(89)78(9)42-58(90)82(13)53(38-46-25-20-18-21-26-46)64(94)79(10)40-55(87)75-50(63(93)86-35-24-27-51(86)62(92)77-69)31-29-47-28-30-48(49(71)37-47)70(72,73)74/h16,43-54,59-60H,1,17-42H2,2-15H3,(H,75,87)(H,76,91)(H,77,92)/t45-,47?,48?,49?,50-,51-,52-,53-,54-,59-,60-,69+/m0/s1. The van der Waals surface area contributed by atoms with Gasteiger partial charge in [-0.15, -0.1) is 18.2 Å². The first-order valence-electron chi connectivity index (χ1n) is 35.5. The molecular formula is C70H114ClF3N12O12. The third-order valence-electron chi connectivity index (χ3n) is 21.2. The number of carbonyl (C=O) groups excluding carboxylic acids is 12. The molecular weight excluding hydrogens is 1290 g/mol. The lowest BCUT2D eigenvalue weighted by atomic mass is 9.78. The summed E-state index contributed by atoms with van der Waals surface area (Å²) in [7, 11) is 9.78. The number of fused-ring (bicyclic) bond motifs is 1. The van der Waals surface area contributed by atoms with Crippen LogP contribution in [0, 0.1) is 35.5 Å². The lowest BCUT2D eigenvalue weighted by Crippen LogP contribution is -2.64. The Morgan fingerprint density at radius 1 is 0.643 bits per heavy atom. The number of alkyl halides is 4. The summed E-state index contributed by atoms with van der Waals surface area (Å²) >= 11 is 6.38. The highest BCUT2D eigenvalue weighted by molar-refractivity contribution is 6.21. The molecule has 12 atom stereocenters. The van der Waals surface area contributed by atoms with Crippen LogP contribution in [0.5, 0.6) is 0 Å². The lowest BCUT2D eigenvalue weighted by molar-refractivity contribution is -0.182. The second-order valence-electron chi connectivity index (χ2n) is 29.6. The van der Waals surface area contributed by atoms with E-state index in [0.29, 0.717) is 38.8 Å². The Bertz CT molecular complexity index is 2840. The first-order chi connectivity index (χ1) is 45.9. The van der Waals surface area contributed by atoms with E-state index in [1.165, 1.54) is 81.9 Å². The van der Waals surface area contributed by atoms with Gasteiger partial charge in [0.15, 0.2) is 0 Å². The van der Waals surface area contributed by atoms with Crippen LogP contribution in [0.3, 0.4) is 0 Å². The third-order valence-corrected chi connectivity index (χ3v) is 21.7. The molecule has 3 heterocycles. The summed E-state index contributed by atoms with van der Waals surface area (Å²) in [6.45, 7) is 15.1. The van der Waals surface area contributed by atoms with Gasteiger partial charge in [-0.1, -0.05) is 86.1 Å². The van der Waals surface area contributed by atoms with Crippen molar-refractivity contribution in [2.24, 2.45) is 35.5 Å². The molecule has 0 spiro atoms. The van der Waals surface area contributed by atoms with E-state index in [4.69, 9.17) is 11.6 Å². The maximum atomic E-state index is 15.3. The number of piperidine rings is 1. The minimum atomic E-state index is -4.52. The largest absolute Gasteiger partial charge is 0.393 e. The molecule has 3 aliphatic heterocycles. The van der Waals surface area contributed by atoms with Crippen molar-refractivity contribution < 1.29 is 70.7 Å². The minimum Gasteiger partial charge on any atom is -0.343 e. The van der Waals surface area contributed by atoms with Crippen LogP contribution in [-0.2, 0) is 57.5 Å². The number of nitrogens with one attached hydrogen (secondary N) is 3. The molecule has 3 N–H and O–H groups in total. The zero-order chi connectivity index (χ0) is 73.4. The number of rotatable bonds is 13. The van der Waals surface area contributed by atoms with Crippen molar-refractivity contribution in [3.63, 3.8) is 0 Å². The second kappa shape index (κ2) is 36.7. The summed E-state index contributed by atoms with van der Waals surface area (Å²) in [5, 5.41) is 7.32. The molecule has 2 saturated carbocycles. The van der Waals surface area contributed by atoms with Crippen molar-refractivity contribution in [2.75, 3.05) is 88.6 Å². The van der Waals surface area contributed by atoms with Gasteiger partial charge < -0.3 is 60.0 Å². The first-order valence-corrected chi connectivity index (χ1v) is 35.9. The predicted octanol–water partition coefficient (Wildman–Crippen LogP) is 5.58. The van der Waals surface area contributed by atoms with Gasteiger partial charge in [0.1, 0.15) is 47.8 Å². The van der Waals surface area contributed by atoms with Crippen LogP contribution < -0.4 is 16.0 Å². The van der Waals surface area contributed by atoms with Crippen molar-refractivity contribution in [2.45, 2.75) is 236 Å². The fourth-order valence-corrected chi connectivity index (χ4v) is 15.3. The Morgan fingerprint density at radius 2 is 1.24 bits per heavy atom. The van der Waals surface area contributed by atoms with Gasteiger partial charge in [0.25, 0.3) is 0 Å². The monoisotopic (exact) mass is 1410 g/mol. The minimum absolute atomic E-state index is 0.0149. The van der Waals surface area contributed by atoms with Crippen molar-refractivity contribution in [1.29, 1.82) is 0 Å². The zero-order valence-electron chi connectivity index (χ0n) is 60.7. The van der Waals surface area contributed by atoms with Gasteiger partial charge in [-0.05, 0) is 120 Å². The highest BCUT2D eigenvalue weighted by Gasteiger charge is 2.50. The number of carbonyl (C=O) groups is 12. The fourth-order valence-electron chi connectivity index (χ4n) is 14.8. The molecule has 0 bridgehead atoms. The number of likely N-dealkylation sites (tertiary alicyclic amines) is 1. The van der Waals surface area contributed by atoms with Gasteiger partial charge in [0.2, 0.25) is 70.9 Å². The highest BCUT2D eigenvalue weighted by atomic mass is 35.5. The maximum absolute atomic E-state index is 15.3. The first kappa shape index (κ1) is 82.1. The maximum Gasteiger partial charge on any atom is 0.393 e. The molecule has 0 aromatic rings. The molecule has 24 nitrogen and oxygen atoms in total. The topological polar surface area (TPSA) is 270 Å². The molecule has 3 unspecified atom stereocenters. The quantitative estimate of drug-likeness (QED) is 0.151. The van der Waals surface area contributed by atoms with Gasteiger partial charge >= 0.3 is 6.18 Å². The zero-order valence-corrected chi connectivity index (χ0v) is 61.4. The Morgan fingerprint density at radius 3 is 1.83 bits per heavy atom. The van der Waals surface area contributed by atoms with E-state index in [0.717, 1.165) is 58.1 Å². The van der Waals surface area contributed by atoms with Gasteiger partial charge in [-0.25, -0.2) is 0 Å². The molecule has 5 rings (SSSR count). The molecule has 3 saturated heterocycles. The molecule has 5 fully saturated rings. The summed E-state index contributed by atoms with van der Waals surface area (Å²) in [4.78, 5) is 189. The normalized spacial score (nSPS) is 29.7. The lowest BCUT2D eigenvalue weighted by Gasteiger charge is -2.41. The SMILES string of the molecule is C=CC[C@@]1(C)NC(=O)[C@@H]2CCCN2C(=O)[C@H](CCC2CCC(C(F)(F)F)C(Cl)C2)NC(=O)CN(C)C(=O)[C@H](CC2CCCCC2)N(C)C(=O)CN(C)C(=O)CN(C)C(=O)[C@H]([C@@H](C)CC)NC(=O)[C@H](CC(C)C)N(C)C(=O)C[C@@H](C(=O)N2CCCCC2)N(C)C(=O)[C@H](C(C)C)N(C)C1=O. The molecule has 0 radical (unpaired) electrons. The molecule has 2 aliphatic carbocycles. The number of nitrogens with zero attached hydrogens (tertiary/aromatic N) is 9. The molecule has 98 heavy (non-hydrogen) atoms. The number of amides is 12. The molecule has 0 aromatic heterocycles. The van der Waals surface area contributed by atoms with E-state index in [1.807, 2.05) is 20.8 Å². The van der Waals surface area contributed by atoms with Crippen LogP contribution >= 0.6 is 11.6 Å². The average Bonchev–Trinajstić information content (AvgIpc) is 0.833. The van der Waals surface area contributed by atoms with E-state index in [1.54, 1.807) is 25.7 Å². The van der Waals surface area contributed by atoms with Crippen molar-refractivity contribution in [3.8, 4) is 0 Å². The van der Waals surface area contributed by atoms with Crippen LogP contribution in [0.4, 0.5) is 13.2 Å². The summed E-state index contributed by atoms with van der Waals surface area (Å²) in [5.74, 6) is -11.5. The number of likely N-dealkylation sites (N-methyl/N-ethyl adjacent to an activating group) is 7. The third kappa shape index (κ3) is 21.5. The van der Waals surface area contributed by atoms with Crippen LogP contribution in [0.2, 0.25) is 0 Å². The van der Waals surface area contributed by atoms with E-state index in [2.05, 4.69) is 22.5 Å². The Labute approximate surface area is 583 Å². The average molecular weight is 1410 g/mol. The highest BCUT2D eigenvalue weighted by Crippen LogP contribution is 2.44. The second-order valence-corrected chi connectivity index (χ2v) is 30.2. The Kier molecular flexibility index (Phi) is 30.8. The van der Waals surface area contributed by atoms with Gasteiger partial charge in [-0.2, -0.15) is 13.2 Å². The Hall–Kier alpha value is -6.54. The van der Waals surface area contributed by atoms with Crippen molar-refractivity contribution in [3.05, 3.63) is 12.7 Å². The van der Waals surface area contributed by atoms with Crippen LogP contribution in [0.1, 0.15) is 177 Å². The van der Waals surface area contributed by atoms with Crippen molar-refractivity contribution >= 4 is 82.5 Å². The summed E-state index contributed by atoms with van der Waals surface area (Å²) in [5.41, 5.74) is -1.82. The van der Waals surface area contributed by atoms with Crippen LogP contribution in [-0.4, -0.2) is 263 Å². The molecule has 554 valence electrons. The fraction of sp³-hybridized carbons (Fsp3) is 0.800. The number of halogens is 4. The molecule has 0 aromatic carbocycles. The summed E-state index contributed by atoms with van der Waals surface area (Å²) in [6, 6.07) is -8.85. The molecule has 28 heteroatoms. The van der Waals surface area contributed by atoms with Crippen molar-refractivity contribution in [1.82, 2.24) is 60.0 Å². The molecule has 12 amide bonds. The van der Waals surface area contributed by atoms with E-state index in [9.17, 15) is 56.3 Å². The molecule has 5 aliphatic rings. The summed E-state index contributed by atoms with van der Waals surface area (Å²) < 4.78 is 41.9. The van der Waals surface area contributed by atoms with Gasteiger partial charge in [0.05, 0.1) is 32.0 Å². The van der Waals surface area contributed by atoms with Gasteiger partial charge in [-0.3, -0.25) is 57.5 Å². The Balaban J connectivity index is 1.60. The van der Waals surface area contributed by atoms with E-state index >= 15 is 14.4 Å². The number of hydrogen-bond acceptors (Lipinski definition) is 12. The smallest absolute Gasteiger partial charge is 0.343 e. The predicted molar refractivity (Wildman–Crippen MR) is 365 cm³/mol.